The minimum absolute atomic E-state index is 0.0549. The lowest BCUT2D eigenvalue weighted by molar-refractivity contribution is -0.112. The summed E-state index contributed by atoms with van der Waals surface area (Å²) in [6.45, 7) is 0. The van der Waals surface area contributed by atoms with E-state index in [9.17, 15) is 9.18 Å². The number of hydrogen-bond donors (Lipinski definition) is 1. The minimum atomic E-state index is -0.581. The van der Waals surface area contributed by atoms with Crippen LogP contribution in [-0.2, 0) is 4.79 Å². The molecule has 2 aromatic rings. The highest BCUT2D eigenvalue weighted by Gasteiger charge is 2.11. The van der Waals surface area contributed by atoms with Crippen LogP contribution in [0.5, 0.6) is 0 Å². The first-order chi connectivity index (χ1) is 9.99. The summed E-state index contributed by atoms with van der Waals surface area (Å²) in [5, 5.41) is 13.3. The summed E-state index contributed by atoms with van der Waals surface area (Å²) < 4.78 is 13.9. The second-order valence-corrected chi connectivity index (χ2v) is 6.63. The van der Waals surface area contributed by atoms with E-state index in [0.29, 0.717) is 5.69 Å². The molecule has 0 radical (unpaired) electrons. The smallest absolute Gasteiger partial charge is 0.266 e. The van der Waals surface area contributed by atoms with Gasteiger partial charge in [0.25, 0.3) is 5.91 Å². The first kappa shape index (κ1) is 15.7. The van der Waals surface area contributed by atoms with E-state index in [-0.39, 0.29) is 10.6 Å². The Labute approximate surface area is 137 Å². The third-order valence-corrected chi connectivity index (χ3v) is 4.25. The number of nitriles is 1. The molecule has 0 atom stereocenters. The number of benzene rings is 1. The number of hydrogen-bond acceptors (Lipinski definition) is 3. The van der Waals surface area contributed by atoms with Gasteiger partial charge >= 0.3 is 0 Å². The molecule has 7 heteroatoms. The topological polar surface area (TPSA) is 52.9 Å². The van der Waals surface area contributed by atoms with Gasteiger partial charge in [-0.05, 0) is 57.2 Å². The average molecular weight is 386 g/mol. The number of rotatable bonds is 3. The normalized spacial score (nSPS) is 11.0. The molecule has 0 aliphatic rings. The Hall–Kier alpha value is -1.68. The first-order valence-corrected chi connectivity index (χ1v) is 7.67. The number of carbonyl (C=O) groups excluding carboxylic acids is 1. The van der Waals surface area contributed by atoms with E-state index in [1.54, 1.807) is 6.07 Å². The van der Waals surface area contributed by atoms with Gasteiger partial charge in [-0.25, -0.2) is 4.39 Å². The second kappa shape index (κ2) is 6.85. The van der Waals surface area contributed by atoms with Gasteiger partial charge in [0.05, 0.1) is 8.81 Å². The molecule has 106 valence electrons. The number of carbonyl (C=O) groups is 1. The lowest BCUT2D eigenvalue weighted by Gasteiger charge is -2.04. The van der Waals surface area contributed by atoms with Crippen molar-refractivity contribution in [2.24, 2.45) is 0 Å². The molecule has 3 nitrogen and oxygen atoms in total. The standard InChI is InChI=1S/C14H7BrClFN2OS/c15-13-4-8(7-21-13)3-9(6-18)14(20)19-10-1-2-12(17)11(16)5-10/h1-5,7H,(H,19,20)/b9-3+. The molecule has 2 rings (SSSR count). The molecule has 1 heterocycles. The van der Waals surface area contributed by atoms with Crippen LogP contribution >= 0.6 is 38.9 Å². The SMILES string of the molecule is N#C/C(=C\c1csc(Br)c1)C(=O)Nc1ccc(F)c(Cl)c1. The summed E-state index contributed by atoms with van der Waals surface area (Å²) in [6, 6.07) is 7.43. The number of anilines is 1. The average Bonchev–Trinajstić information content (AvgIpc) is 2.85. The lowest BCUT2D eigenvalue weighted by Crippen LogP contribution is -2.13. The highest BCUT2D eigenvalue weighted by Crippen LogP contribution is 2.23. The summed E-state index contributed by atoms with van der Waals surface area (Å²) in [5.41, 5.74) is 1.01. The molecule has 1 N–H and O–H groups in total. The minimum Gasteiger partial charge on any atom is -0.321 e. The third-order valence-electron chi connectivity index (χ3n) is 2.44. The largest absolute Gasteiger partial charge is 0.321 e. The molecule has 1 aromatic heterocycles. The van der Waals surface area contributed by atoms with E-state index < -0.39 is 11.7 Å². The van der Waals surface area contributed by atoms with Crippen molar-refractivity contribution in [2.45, 2.75) is 0 Å². The molecule has 0 saturated heterocycles. The Bertz CT molecular complexity index is 767. The van der Waals surface area contributed by atoms with E-state index >= 15 is 0 Å². The molecular weight excluding hydrogens is 379 g/mol. The number of halogens is 3. The third kappa shape index (κ3) is 4.14. The molecule has 0 aliphatic carbocycles. The van der Waals surface area contributed by atoms with Crippen molar-refractivity contribution in [3.05, 3.63) is 55.4 Å². The molecule has 0 saturated carbocycles. The lowest BCUT2D eigenvalue weighted by atomic mass is 10.2. The fourth-order valence-corrected chi connectivity index (χ4v) is 2.80. The summed E-state index contributed by atoms with van der Waals surface area (Å²) in [5.74, 6) is -1.16. The van der Waals surface area contributed by atoms with E-state index in [1.807, 2.05) is 11.4 Å². The van der Waals surface area contributed by atoms with Gasteiger partial charge in [-0.1, -0.05) is 11.6 Å². The van der Waals surface area contributed by atoms with E-state index in [2.05, 4.69) is 21.2 Å². The van der Waals surface area contributed by atoms with Crippen LogP contribution in [0.3, 0.4) is 0 Å². The number of amides is 1. The Morgan fingerprint density at radius 2 is 2.24 bits per heavy atom. The van der Waals surface area contributed by atoms with Crippen LogP contribution in [0, 0.1) is 17.1 Å². The molecule has 0 bridgehead atoms. The van der Waals surface area contributed by atoms with Crippen molar-refractivity contribution in [3.63, 3.8) is 0 Å². The van der Waals surface area contributed by atoms with Crippen LogP contribution in [0.15, 0.2) is 39.0 Å². The van der Waals surface area contributed by atoms with Crippen molar-refractivity contribution >= 4 is 56.5 Å². The van der Waals surface area contributed by atoms with Gasteiger partial charge < -0.3 is 5.32 Å². The summed E-state index contributed by atoms with van der Waals surface area (Å²) in [4.78, 5) is 12.0. The van der Waals surface area contributed by atoms with Gasteiger partial charge in [0, 0.05) is 5.69 Å². The van der Waals surface area contributed by atoms with Gasteiger partial charge in [0.1, 0.15) is 17.5 Å². The molecule has 21 heavy (non-hydrogen) atoms. The Balaban J connectivity index is 2.19. The fourth-order valence-electron chi connectivity index (χ4n) is 1.49. The predicted octanol–water partition coefficient (Wildman–Crippen LogP) is 4.85. The van der Waals surface area contributed by atoms with E-state index in [0.717, 1.165) is 15.4 Å². The van der Waals surface area contributed by atoms with Crippen LogP contribution in [0.25, 0.3) is 6.08 Å². The maximum atomic E-state index is 13.0. The molecule has 0 aliphatic heterocycles. The summed E-state index contributed by atoms with van der Waals surface area (Å²) in [6.07, 6.45) is 1.47. The van der Waals surface area contributed by atoms with Crippen molar-refractivity contribution < 1.29 is 9.18 Å². The zero-order valence-electron chi connectivity index (χ0n) is 10.4. The Morgan fingerprint density at radius 1 is 1.48 bits per heavy atom. The maximum absolute atomic E-state index is 13.0. The van der Waals surface area contributed by atoms with Gasteiger partial charge in [-0.2, -0.15) is 5.26 Å². The van der Waals surface area contributed by atoms with Crippen molar-refractivity contribution in [1.82, 2.24) is 0 Å². The molecule has 0 unspecified atom stereocenters. The first-order valence-electron chi connectivity index (χ1n) is 5.62. The summed E-state index contributed by atoms with van der Waals surface area (Å²) >= 11 is 10.4. The van der Waals surface area contributed by atoms with Crippen LogP contribution in [-0.4, -0.2) is 5.91 Å². The van der Waals surface area contributed by atoms with Crippen molar-refractivity contribution in [2.75, 3.05) is 5.32 Å². The van der Waals surface area contributed by atoms with Crippen LogP contribution in [0.2, 0.25) is 5.02 Å². The Kier molecular flexibility index (Phi) is 5.12. The Morgan fingerprint density at radius 3 is 2.81 bits per heavy atom. The monoisotopic (exact) mass is 384 g/mol. The summed E-state index contributed by atoms with van der Waals surface area (Å²) in [7, 11) is 0. The van der Waals surface area contributed by atoms with Gasteiger partial charge in [0.15, 0.2) is 0 Å². The zero-order valence-corrected chi connectivity index (χ0v) is 13.5. The van der Waals surface area contributed by atoms with E-state index in [1.165, 1.54) is 29.5 Å². The van der Waals surface area contributed by atoms with Crippen molar-refractivity contribution in [1.29, 1.82) is 5.26 Å². The highest BCUT2D eigenvalue weighted by atomic mass is 79.9. The van der Waals surface area contributed by atoms with Gasteiger partial charge in [-0.3, -0.25) is 4.79 Å². The molecule has 1 aromatic carbocycles. The fraction of sp³-hybridized carbons (Fsp3) is 0. The molecule has 0 spiro atoms. The number of nitrogens with zero attached hydrogens (tertiary/aromatic N) is 1. The van der Waals surface area contributed by atoms with Crippen LogP contribution in [0.1, 0.15) is 5.56 Å². The quantitative estimate of drug-likeness (QED) is 0.606. The molecule has 1 amide bonds. The van der Waals surface area contributed by atoms with Crippen molar-refractivity contribution in [3.8, 4) is 6.07 Å². The number of nitrogens with one attached hydrogen (secondary N) is 1. The van der Waals surface area contributed by atoms with E-state index in [4.69, 9.17) is 16.9 Å². The van der Waals surface area contributed by atoms with Gasteiger partial charge in [0.2, 0.25) is 0 Å². The molecular formula is C14H7BrClFN2OS. The zero-order chi connectivity index (χ0) is 15.4. The van der Waals surface area contributed by atoms with Crippen LogP contribution in [0.4, 0.5) is 10.1 Å². The number of thiophene rings is 1. The second-order valence-electron chi connectivity index (χ2n) is 3.94. The van der Waals surface area contributed by atoms with Crippen LogP contribution < -0.4 is 5.32 Å². The molecule has 0 fully saturated rings. The highest BCUT2D eigenvalue weighted by molar-refractivity contribution is 9.11. The predicted molar refractivity (Wildman–Crippen MR) is 85.6 cm³/mol. The van der Waals surface area contributed by atoms with Gasteiger partial charge in [-0.15, -0.1) is 11.3 Å². The maximum Gasteiger partial charge on any atom is 0.266 e.